The second-order valence-corrected chi connectivity index (χ2v) is 3.63. The summed E-state index contributed by atoms with van der Waals surface area (Å²) in [7, 11) is 1.70. The summed E-state index contributed by atoms with van der Waals surface area (Å²) in [4.78, 5) is 8.59. The SMILES string of the molecule is C=CCNc1cc(NCCCOC)nc(C)n1. The Labute approximate surface area is 102 Å². The third-order valence-electron chi connectivity index (χ3n) is 2.10. The number of hydrogen-bond donors (Lipinski definition) is 2. The highest BCUT2D eigenvalue weighted by Gasteiger charge is 2.00. The van der Waals surface area contributed by atoms with E-state index >= 15 is 0 Å². The highest BCUT2D eigenvalue weighted by Crippen LogP contribution is 2.10. The maximum absolute atomic E-state index is 4.98. The van der Waals surface area contributed by atoms with E-state index in [4.69, 9.17) is 4.74 Å². The summed E-state index contributed by atoms with van der Waals surface area (Å²) < 4.78 is 4.98. The molecule has 2 N–H and O–H groups in total. The Morgan fingerprint density at radius 3 is 2.71 bits per heavy atom. The van der Waals surface area contributed by atoms with E-state index in [2.05, 4.69) is 27.2 Å². The van der Waals surface area contributed by atoms with E-state index in [1.165, 1.54) is 0 Å². The first-order chi connectivity index (χ1) is 8.26. The number of anilines is 2. The molecule has 5 nitrogen and oxygen atoms in total. The van der Waals surface area contributed by atoms with Crippen molar-refractivity contribution in [3.8, 4) is 0 Å². The molecule has 0 unspecified atom stereocenters. The van der Waals surface area contributed by atoms with E-state index in [0.717, 1.165) is 37.0 Å². The largest absolute Gasteiger partial charge is 0.385 e. The van der Waals surface area contributed by atoms with Crippen LogP contribution in [0, 0.1) is 6.92 Å². The fraction of sp³-hybridized carbons (Fsp3) is 0.500. The van der Waals surface area contributed by atoms with Crippen LogP contribution in [-0.4, -0.2) is 36.8 Å². The summed E-state index contributed by atoms with van der Waals surface area (Å²) in [5.41, 5.74) is 0. The third-order valence-corrected chi connectivity index (χ3v) is 2.10. The third kappa shape index (κ3) is 5.31. The average Bonchev–Trinajstić information content (AvgIpc) is 2.31. The molecule has 0 fully saturated rings. The minimum absolute atomic E-state index is 0.694. The Hall–Kier alpha value is -1.62. The van der Waals surface area contributed by atoms with Crippen LogP contribution < -0.4 is 10.6 Å². The summed E-state index contributed by atoms with van der Waals surface area (Å²) >= 11 is 0. The smallest absolute Gasteiger partial charge is 0.132 e. The van der Waals surface area contributed by atoms with Gasteiger partial charge in [0.25, 0.3) is 0 Å². The molecule has 0 spiro atoms. The molecule has 0 aliphatic heterocycles. The van der Waals surface area contributed by atoms with Gasteiger partial charge in [0.15, 0.2) is 0 Å². The lowest BCUT2D eigenvalue weighted by Gasteiger charge is -2.09. The van der Waals surface area contributed by atoms with Gasteiger partial charge in [-0.25, -0.2) is 9.97 Å². The molecule has 0 atom stereocenters. The monoisotopic (exact) mass is 236 g/mol. The lowest BCUT2D eigenvalue weighted by atomic mass is 10.4. The van der Waals surface area contributed by atoms with Gasteiger partial charge in [-0.1, -0.05) is 6.08 Å². The first-order valence-corrected chi connectivity index (χ1v) is 5.69. The molecule has 1 aromatic heterocycles. The van der Waals surface area contributed by atoms with Gasteiger partial charge in [-0.2, -0.15) is 0 Å². The molecule has 0 aliphatic rings. The van der Waals surface area contributed by atoms with Crippen molar-refractivity contribution in [3.63, 3.8) is 0 Å². The predicted octanol–water partition coefficient (Wildman–Crippen LogP) is 1.83. The molecule has 17 heavy (non-hydrogen) atoms. The van der Waals surface area contributed by atoms with Crippen LogP contribution in [0.15, 0.2) is 18.7 Å². The van der Waals surface area contributed by atoms with Gasteiger partial charge in [-0.15, -0.1) is 6.58 Å². The number of aromatic nitrogens is 2. The van der Waals surface area contributed by atoms with Gasteiger partial charge in [0, 0.05) is 32.9 Å². The minimum atomic E-state index is 0.694. The van der Waals surface area contributed by atoms with E-state index < -0.39 is 0 Å². The quantitative estimate of drug-likeness (QED) is 0.532. The molecule has 0 saturated carbocycles. The first kappa shape index (κ1) is 13.4. The maximum Gasteiger partial charge on any atom is 0.132 e. The number of nitrogens with zero attached hydrogens (tertiary/aromatic N) is 2. The second-order valence-electron chi connectivity index (χ2n) is 3.63. The number of aryl methyl sites for hydroxylation is 1. The van der Waals surface area contributed by atoms with Crippen LogP contribution in [0.1, 0.15) is 12.2 Å². The Kier molecular flexibility index (Phi) is 6.03. The van der Waals surface area contributed by atoms with Gasteiger partial charge < -0.3 is 15.4 Å². The molecular weight excluding hydrogens is 216 g/mol. The van der Waals surface area contributed by atoms with Crippen molar-refractivity contribution in [1.82, 2.24) is 9.97 Å². The van der Waals surface area contributed by atoms with E-state index in [9.17, 15) is 0 Å². The van der Waals surface area contributed by atoms with Gasteiger partial charge in [-0.3, -0.25) is 0 Å². The van der Waals surface area contributed by atoms with Crippen molar-refractivity contribution in [1.29, 1.82) is 0 Å². The average molecular weight is 236 g/mol. The number of methoxy groups -OCH3 is 1. The van der Waals surface area contributed by atoms with Gasteiger partial charge >= 0.3 is 0 Å². The maximum atomic E-state index is 4.98. The molecule has 1 heterocycles. The van der Waals surface area contributed by atoms with Crippen LogP contribution in [-0.2, 0) is 4.74 Å². The van der Waals surface area contributed by atoms with Crippen molar-refractivity contribution >= 4 is 11.6 Å². The van der Waals surface area contributed by atoms with Crippen LogP contribution >= 0.6 is 0 Å². The lowest BCUT2D eigenvalue weighted by Crippen LogP contribution is -2.09. The van der Waals surface area contributed by atoms with Gasteiger partial charge in [0.05, 0.1) is 0 Å². The molecular formula is C12H20N4O. The Morgan fingerprint density at radius 1 is 1.35 bits per heavy atom. The molecule has 1 aromatic rings. The van der Waals surface area contributed by atoms with Gasteiger partial charge in [-0.05, 0) is 13.3 Å². The summed E-state index contributed by atoms with van der Waals surface area (Å²) in [6, 6.07) is 1.89. The summed E-state index contributed by atoms with van der Waals surface area (Å²) in [6.45, 7) is 7.81. The highest BCUT2D eigenvalue weighted by atomic mass is 16.5. The molecule has 0 aromatic carbocycles. The fourth-order valence-corrected chi connectivity index (χ4v) is 1.36. The standard InChI is InChI=1S/C12H20N4O/c1-4-6-13-11-9-12(16-10(2)15-11)14-7-5-8-17-3/h4,9H,1,5-8H2,2-3H3,(H2,13,14,15,16). The highest BCUT2D eigenvalue weighted by molar-refractivity contribution is 5.47. The van der Waals surface area contributed by atoms with Crippen molar-refractivity contribution in [3.05, 3.63) is 24.5 Å². The van der Waals surface area contributed by atoms with Crippen LogP contribution in [0.3, 0.4) is 0 Å². The van der Waals surface area contributed by atoms with E-state index in [-0.39, 0.29) is 0 Å². The summed E-state index contributed by atoms with van der Waals surface area (Å²) in [5.74, 6) is 2.39. The van der Waals surface area contributed by atoms with Crippen LogP contribution in [0.25, 0.3) is 0 Å². The molecule has 0 radical (unpaired) electrons. The van der Waals surface area contributed by atoms with E-state index in [0.29, 0.717) is 6.54 Å². The zero-order valence-corrected chi connectivity index (χ0v) is 10.5. The lowest BCUT2D eigenvalue weighted by molar-refractivity contribution is 0.198. The molecule has 0 bridgehead atoms. The minimum Gasteiger partial charge on any atom is -0.385 e. The van der Waals surface area contributed by atoms with Crippen LogP contribution in [0.2, 0.25) is 0 Å². The molecule has 94 valence electrons. The van der Waals surface area contributed by atoms with Gasteiger partial charge in [0.1, 0.15) is 17.5 Å². The zero-order chi connectivity index (χ0) is 12.5. The summed E-state index contributed by atoms with van der Waals surface area (Å²) in [5, 5.41) is 6.38. The Balaban J connectivity index is 2.52. The van der Waals surface area contributed by atoms with Crippen molar-refractivity contribution in [2.24, 2.45) is 0 Å². The van der Waals surface area contributed by atoms with Crippen LogP contribution in [0.4, 0.5) is 11.6 Å². The predicted molar refractivity (Wildman–Crippen MR) is 70.4 cm³/mol. The van der Waals surface area contributed by atoms with Crippen molar-refractivity contribution < 1.29 is 4.74 Å². The first-order valence-electron chi connectivity index (χ1n) is 5.69. The topological polar surface area (TPSA) is 59.1 Å². The van der Waals surface area contributed by atoms with Crippen LogP contribution in [0.5, 0.6) is 0 Å². The molecule has 5 heteroatoms. The molecule has 0 amide bonds. The molecule has 0 aliphatic carbocycles. The number of nitrogens with one attached hydrogen (secondary N) is 2. The van der Waals surface area contributed by atoms with E-state index in [1.807, 2.05) is 13.0 Å². The van der Waals surface area contributed by atoms with Crippen molar-refractivity contribution in [2.45, 2.75) is 13.3 Å². The Bertz CT molecular complexity index is 354. The summed E-state index contributed by atoms with van der Waals surface area (Å²) in [6.07, 6.45) is 2.75. The van der Waals surface area contributed by atoms with Gasteiger partial charge in [0.2, 0.25) is 0 Å². The second kappa shape index (κ2) is 7.62. The molecule has 1 rings (SSSR count). The fourth-order valence-electron chi connectivity index (χ4n) is 1.36. The normalized spacial score (nSPS) is 10.0. The number of rotatable bonds is 8. The zero-order valence-electron chi connectivity index (χ0n) is 10.5. The number of ether oxygens (including phenoxy) is 1. The molecule has 0 saturated heterocycles. The van der Waals surface area contributed by atoms with Crippen molar-refractivity contribution in [2.75, 3.05) is 37.4 Å². The number of hydrogen-bond acceptors (Lipinski definition) is 5. The Morgan fingerprint density at radius 2 is 2.06 bits per heavy atom. The van der Waals surface area contributed by atoms with E-state index in [1.54, 1.807) is 13.2 Å².